The Morgan fingerprint density at radius 3 is 2.92 bits per heavy atom. The van der Waals surface area contributed by atoms with Crippen LogP contribution in [0.2, 0.25) is 0 Å². The number of hydrogen-bond donors (Lipinski definition) is 2. The molecule has 1 amide bonds. The Labute approximate surface area is 145 Å². The van der Waals surface area contributed by atoms with Gasteiger partial charge in [-0.2, -0.15) is 0 Å². The summed E-state index contributed by atoms with van der Waals surface area (Å²) in [4.78, 5) is 27.1. The average molecular weight is 340 g/mol. The van der Waals surface area contributed by atoms with Crippen LogP contribution in [0.1, 0.15) is 29.3 Å². The van der Waals surface area contributed by atoms with Crippen molar-refractivity contribution in [3.63, 3.8) is 0 Å². The lowest BCUT2D eigenvalue weighted by molar-refractivity contribution is -0.137. The molecule has 1 aliphatic rings. The maximum atomic E-state index is 12.3. The number of nitrogens with one attached hydrogen (secondary N) is 1. The van der Waals surface area contributed by atoms with Gasteiger partial charge in [0.1, 0.15) is 5.75 Å². The summed E-state index contributed by atoms with van der Waals surface area (Å²) < 4.78 is 5.51. The highest BCUT2D eigenvalue weighted by molar-refractivity contribution is 5.95. The topological polar surface area (TPSA) is 88.5 Å². The number of ether oxygens (including phenoxy) is 1. The first-order valence-corrected chi connectivity index (χ1v) is 8.24. The fraction of sp³-hybridized carbons (Fsp3) is 0.316. The van der Waals surface area contributed by atoms with Crippen LogP contribution in [0.4, 0.5) is 0 Å². The maximum absolute atomic E-state index is 12.3. The molecule has 130 valence electrons. The minimum absolute atomic E-state index is 0.0236. The third kappa shape index (κ3) is 4.15. The molecular weight excluding hydrogens is 320 g/mol. The number of benzene rings is 1. The second kappa shape index (κ2) is 7.34. The van der Waals surface area contributed by atoms with Crippen LogP contribution in [0.25, 0.3) is 11.1 Å². The van der Waals surface area contributed by atoms with E-state index in [2.05, 4.69) is 16.4 Å². The van der Waals surface area contributed by atoms with Gasteiger partial charge in [-0.25, -0.2) is 0 Å². The molecule has 0 saturated carbocycles. The number of nitrogens with zero attached hydrogens (tertiary/aromatic N) is 1. The van der Waals surface area contributed by atoms with E-state index in [9.17, 15) is 9.59 Å². The van der Waals surface area contributed by atoms with E-state index in [0.717, 1.165) is 28.9 Å². The Morgan fingerprint density at radius 1 is 1.28 bits per heavy atom. The van der Waals surface area contributed by atoms with Crippen molar-refractivity contribution >= 4 is 11.9 Å². The van der Waals surface area contributed by atoms with Crippen LogP contribution < -0.4 is 10.1 Å². The minimum Gasteiger partial charge on any atom is -0.493 e. The van der Waals surface area contributed by atoms with E-state index in [1.165, 1.54) is 6.20 Å². The highest BCUT2D eigenvalue weighted by atomic mass is 16.5. The predicted molar refractivity (Wildman–Crippen MR) is 92.6 cm³/mol. The lowest BCUT2D eigenvalue weighted by Gasteiger charge is -2.11. The first-order chi connectivity index (χ1) is 12.0. The van der Waals surface area contributed by atoms with Gasteiger partial charge in [0.05, 0.1) is 12.2 Å². The molecule has 1 aromatic heterocycles. The minimum atomic E-state index is -0.869. The molecule has 25 heavy (non-hydrogen) atoms. The standard InChI is InChI=1S/C19H20N2O4/c1-12(6-18(22)23)9-21-19(24)16-8-15(10-20-11-16)13-2-3-17-14(7-13)4-5-25-17/h2-3,7-8,10-12H,4-6,9H2,1H3,(H,21,24)(H,22,23). The van der Waals surface area contributed by atoms with Gasteiger partial charge in [-0.1, -0.05) is 13.0 Å². The van der Waals surface area contributed by atoms with Crippen molar-refractivity contribution in [1.29, 1.82) is 0 Å². The molecule has 0 bridgehead atoms. The van der Waals surface area contributed by atoms with Gasteiger partial charge in [-0.05, 0) is 35.2 Å². The number of aliphatic carboxylic acids is 1. The van der Waals surface area contributed by atoms with Crippen LogP contribution in [0.15, 0.2) is 36.7 Å². The number of pyridine rings is 1. The van der Waals surface area contributed by atoms with Crippen molar-refractivity contribution in [2.45, 2.75) is 19.8 Å². The van der Waals surface area contributed by atoms with Crippen molar-refractivity contribution in [2.75, 3.05) is 13.2 Å². The molecule has 2 heterocycles. The van der Waals surface area contributed by atoms with E-state index in [-0.39, 0.29) is 18.2 Å². The normalized spacial score (nSPS) is 13.6. The van der Waals surface area contributed by atoms with Crippen molar-refractivity contribution in [2.24, 2.45) is 5.92 Å². The molecular formula is C19H20N2O4. The van der Waals surface area contributed by atoms with Crippen molar-refractivity contribution < 1.29 is 19.4 Å². The molecule has 0 spiro atoms. The molecule has 0 saturated heterocycles. The van der Waals surface area contributed by atoms with Crippen molar-refractivity contribution in [3.8, 4) is 16.9 Å². The summed E-state index contributed by atoms with van der Waals surface area (Å²) in [7, 11) is 0. The molecule has 0 aliphatic carbocycles. The molecule has 0 fully saturated rings. The van der Waals surface area contributed by atoms with E-state index in [1.807, 2.05) is 12.1 Å². The third-order valence-electron chi connectivity index (χ3n) is 4.16. The van der Waals surface area contributed by atoms with Crippen LogP contribution in [-0.2, 0) is 11.2 Å². The van der Waals surface area contributed by atoms with E-state index in [0.29, 0.717) is 18.7 Å². The highest BCUT2D eigenvalue weighted by Crippen LogP contribution is 2.30. The van der Waals surface area contributed by atoms with E-state index in [1.54, 1.807) is 19.2 Å². The summed E-state index contributed by atoms with van der Waals surface area (Å²) in [6.07, 6.45) is 4.15. The smallest absolute Gasteiger partial charge is 0.303 e. The van der Waals surface area contributed by atoms with E-state index >= 15 is 0 Å². The number of fused-ring (bicyclic) bond motifs is 1. The average Bonchev–Trinajstić information content (AvgIpc) is 3.07. The number of carboxylic acids is 1. The Balaban J connectivity index is 1.71. The first-order valence-electron chi connectivity index (χ1n) is 8.24. The van der Waals surface area contributed by atoms with Gasteiger partial charge < -0.3 is 15.2 Å². The second-order valence-electron chi connectivity index (χ2n) is 6.30. The molecule has 3 rings (SSSR count). The molecule has 1 aliphatic heterocycles. The Hall–Kier alpha value is -2.89. The van der Waals surface area contributed by atoms with E-state index < -0.39 is 5.97 Å². The molecule has 1 aromatic carbocycles. The van der Waals surface area contributed by atoms with Crippen LogP contribution in [-0.4, -0.2) is 35.1 Å². The Bertz CT molecular complexity index is 804. The Kier molecular flexibility index (Phi) is 4.97. The zero-order valence-corrected chi connectivity index (χ0v) is 14.0. The number of aromatic nitrogens is 1. The van der Waals surface area contributed by atoms with Crippen LogP contribution in [0.5, 0.6) is 5.75 Å². The maximum Gasteiger partial charge on any atom is 0.303 e. The van der Waals surface area contributed by atoms with Gasteiger partial charge >= 0.3 is 5.97 Å². The summed E-state index contributed by atoms with van der Waals surface area (Å²) in [5.74, 6) is -0.339. The summed E-state index contributed by atoms with van der Waals surface area (Å²) >= 11 is 0. The molecule has 6 nitrogen and oxygen atoms in total. The number of amides is 1. The van der Waals surface area contributed by atoms with Crippen molar-refractivity contribution in [3.05, 3.63) is 47.8 Å². The largest absolute Gasteiger partial charge is 0.493 e. The first kappa shape index (κ1) is 17.0. The molecule has 1 unspecified atom stereocenters. The quantitative estimate of drug-likeness (QED) is 0.843. The van der Waals surface area contributed by atoms with Gasteiger partial charge in [-0.3, -0.25) is 14.6 Å². The van der Waals surface area contributed by atoms with Gasteiger partial charge in [0.25, 0.3) is 5.91 Å². The van der Waals surface area contributed by atoms with Crippen molar-refractivity contribution in [1.82, 2.24) is 10.3 Å². The zero-order chi connectivity index (χ0) is 17.8. The van der Waals surface area contributed by atoms with Gasteiger partial charge in [-0.15, -0.1) is 0 Å². The SMILES string of the molecule is CC(CNC(=O)c1cncc(-c2ccc3c(c2)CCO3)c1)CC(=O)O. The fourth-order valence-corrected chi connectivity index (χ4v) is 2.83. The van der Waals surface area contributed by atoms with Crippen LogP contribution in [0, 0.1) is 5.92 Å². The number of carbonyl (C=O) groups excluding carboxylic acids is 1. The molecule has 2 N–H and O–H groups in total. The zero-order valence-electron chi connectivity index (χ0n) is 14.0. The molecule has 0 radical (unpaired) electrons. The monoisotopic (exact) mass is 340 g/mol. The second-order valence-corrected chi connectivity index (χ2v) is 6.30. The summed E-state index contributed by atoms with van der Waals surface area (Å²) in [6.45, 7) is 2.80. The number of hydrogen-bond acceptors (Lipinski definition) is 4. The van der Waals surface area contributed by atoms with E-state index in [4.69, 9.17) is 9.84 Å². The summed E-state index contributed by atoms with van der Waals surface area (Å²) in [5, 5.41) is 11.5. The number of rotatable bonds is 6. The van der Waals surface area contributed by atoms with Gasteiger partial charge in [0.2, 0.25) is 0 Å². The lowest BCUT2D eigenvalue weighted by Crippen LogP contribution is -2.29. The number of carbonyl (C=O) groups is 2. The summed E-state index contributed by atoms with van der Waals surface area (Å²) in [5.41, 5.74) is 3.47. The lowest BCUT2D eigenvalue weighted by atomic mass is 10.0. The fourth-order valence-electron chi connectivity index (χ4n) is 2.83. The Morgan fingerprint density at radius 2 is 2.12 bits per heavy atom. The molecule has 2 aromatic rings. The third-order valence-corrected chi connectivity index (χ3v) is 4.16. The predicted octanol–water partition coefficient (Wildman–Crippen LogP) is 2.52. The van der Waals surface area contributed by atoms with Crippen LogP contribution >= 0.6 is 0 Å². The molecule has 6 heteroatoms. The van der Waals surface area contributed by atoms with Gasteiger partial charge in [0, 0.05) is 37.3 Å². The van der Waals surface area contributed by atoms with Gasteiger partial charge in [0.15, 0.2) is 0 Å². The van der Waals surface area contributed by atoms with Crippen LogP contribution in [0.3, 0.4) is 0 Å². The molecule has 1 atom stereocenters. The number of carboxylic acid groups (broad SMARTS) is 1. The summed E-state index contributed by atoms with van der Waals surface area (Å²) in [6, 6.07) is 7.76. The highest BCUT2D eigenvalue weighted by Gasteiger charge is 2.14.